The summed E-state index contributed by atoms with van der Waals surface area (Å²) in [6.45, 7) is 2.85. The fraction of sp³-hybridized carbons (Fsp3) is 0.417. The highest BCUT2D eigenvalue weighted by Gasteiger charge is 2.07. The first-order valence-electron chi connectivity index (χ1n) is 5.54. The monoisotopic (exact) mass is 235 g/mol. The minimum Gasteiger partial charge on any atom is -0.330 e. The molecule has 2 rings (SSSR count). The Bertz CT molecular complexity index is 490. The molecule has 0 spiro atoms. The molecule has 0 aliphatic heterocycles. The zero-order valence-electron chi connectivity index (χ0n) is 9.73. The summed E-state index contributed by atoms with van der Waals surface area (Å²) < 4.78 is 2.13. The van der Waals surface area contributed by atoms with E-state index in [0.717, 1.165) is 22.8 Å². The van der Waals surface area contributed by atoms with Gasteiger partial charge in [0.2, 0.25) is 0 Å². The van der Waals surface area contributed by atoms with Gasteiger partial charge in [-0.3, -0.25) is 0 Å². The van der Waals surface area contributed by atoms with Crippen molar-refractivity contribution >= 4 is 22.8 Å². The van der Waals surface area contributed by atoms with Crippen molar-refractivity contribution in [1.82, 2.24) is 9.55 Å². The van der Waals surface area contributed by atoms with Crippen LogP contribution >= 0.6 is 11.8 Å². The second kappa shape index (κ2) is 4.89. The van der Waals surface area contributed by atoms with Gasteiger partial charge in [-0.2, -0.15) is 0 Å². The molecule has 0 unspecified atom stereocenters. The maximum absolute atomic E-state index is 5.51. The van der Waals surface area contributed by atoms with Gasteiger partial charge in [-0.25, -0.2) is 4.98 Å². The van der Waals surface area contributed by atoms with Crippen molar-refractivity contribution in [2.24, 2.45) is 12.8 Å². The van der Waals surface area contributed by atoms with Gasteiger partial charge >= 0.3 is 0 Å². The highest BCUT2D eigenvalue weighted by molar-refractivity contribution is 7.99. The van der Waals surface area contributed by atoms with E-state index < -0.39 is 0 Å². The van der Waals surface area contributed by atoms with Gasteiger partial charge in [-0.15, -0.1) is 0 Å². The number of rotatable bonds is 4. The minimum absolute atomic E-state index is 0.689. The average molecular weight is 235 g/mol. The van der Waals surface area contributed by atoms with Gasteiger partial charge < -0.3 is 10.3 Å². The summed E-state index contributed by atoms with van der Waals surface area (Å²) in [4.78, 5) is 4.63. The van der Waals surface area contributed by atoms with E-state index >= 15 is 0 Å². The Kier molecular flexibility index (Phi) is 3.51. The second-order valence-corrected chi connectivity index (χ2v) is 4.83. The van der Waals surface area contributed by atoms with E-state index in [1.165, 1.54) is 11.1 Å². The van der Waals surface area contributed by atoms with Crippen LogP contribution in [-0.2, 0) is 13.5 Å². The smallest absolute Gasteiger partial charge is 0.168 e. The predicted molar refractivity (Wildman–Crippen MR) is 69.9 cm³/mol. The normalized spacial score (nSPS) is 11.2. The number of imidazole rings is 1. The number of nitrogens with two attached hydrogens (primary N) is 1. The third kappa shape index (κ3) is 2.08. The van der Waals surface area contributed by atoms with E-state index in [1.807, 2.05) is 0 Å². The van der Waals surface area contributed by atoms with Crippen LogP contribution in [0.1, 0.15) is 12.5 Å². The first kappa shape index (κ1) is 11.5. The summed E-state index contributed by atoms with van der Waals surface area (Å²) in [6, 6.07) is 6.48. The van der Waals surface area contributed by atoms with Crippen LogP contribution in [0.4, 0.5) is 0 Å². The Morgan fingerprint density at radius 2 is 2.25 bits per heavy atom. The number of hydrogen-bond acceptors (Lipinski definition) is 3. The number of aryl methyl sites for hydroxylation is 2. The quantitative estimate of drug-likeness (QED) is 0.826. The lowest BCUT2D eigenvalue weighted by Crippen LogP contribution is -2.02. The zero-order chi connectivity index (χ0) is 11.5. The number of fused-ring (bicyclic) bond motifs is 1. The summed E-state index contributed by atoms with van der Waals surface area (Å²) in [5.41, 5.74) is 9.12. The maximum atomic E-state index is 5.51. The zero-order valence-corrected chi connectivity index (χ0v) is 10.5. The molecule has 3 nitrogen and oxygen atoms in total. The van der Waals surface area contributed by atoms with E-state index in [-0.39, 0.29) is 0 Å². The van der Waals surface area contributed by atoms with Crippen LogP contribution in [0, 0.1) is 0 Å². The van der Waals surface area contributed by atoms with Crippen LogP contribution in [-0.4, -0.2) is 21.8 Å². The van der Waals surface area contributed by atoms with Crippen LogP contribution in [0.15, 0.2) is 23.4 Å². The fourth-order valence-corrected chi connectivity index (χ4v) is 2.48. The molecule has 0 aliphatic carbocycles. The summed E-state index contributed by atoms with van der Waals surface area (Å²) >= 11 is 1.71. The van der Waals surface area contributed by atoms with Crippen LogP contribution in [0.2, 0.25) is 0 Å². The molecule has 1 aromatic carbocycles. The highest BCUT2D eigenvalue weighted by Crippen LogP contribution is 2.23. The molecule has 0 saturated heterocycles. The van der Waals surface area contributed by atoms with E-state index in [2.05, 4.69) is 41.7 Å². The predicted octanol–water partition coefficient (Wildman–Crippen LogP) is 2.19. The molecule has 0 aliphatic rings. The SMILES string of the molecule is CCc1ccc2c(c1)nc(SCCN)n2C. The molecule has 0 fully saturated rings. The average Bonchev–Trinajstić information content (AvgIpc) is 2.63. The first-order chi connectivity index (χ1) is 7.76. The van der Waals surface area contributed by atoms with E-state index in [1.54, 1.807) is 11.8 Å². The molecule has 86 valence electrons. The van der Waals surface area contributed by atoms with Crippen LogP contribution < -0.4 is 5.73 Å². The van der Waals surface area contributed by atoms with Gasteiger partial charge in [0.05, 0.1) is 11.0 Å². The standard InChI is InChI=1S/C12H17N3S/c1-3-9-4-5-11-10(8-9)14-12(15(11)2)16-7-6-13/h4-5,8H,3,6-7,13H2,1-2H3. The first-order valence-corrected chi connectivity index (χ1v) is 6.53. The third-order valence-electron chi connectivity index (χ3n) is 2.66. The lowest BCUT2D eigenvalue weighted by Gasteiger charge is -2.00. The van der Waals surface area contributed by atoms with Gasteiger partial charge in [-0.1, -0.05) is 24.8 Å². The van der Waals surface area contributed by atoms with Gasteiger partial charge in [0.25, 0.3) is 0 Å². The highest BCUT2D eigenvalue weighted by atomic mass is 32.2. The van der Waals surface area contributed by atoms with Gasteiger partial charge in [0.15, 0.2) is 5.16 Å². The molecule has 0 atom stereocenters. The number of hydrogen-bond donors (Lipinski definition) is 1. The largest absolute Gasteiger partial charge is 0.330 e. The summed E-state index contributed by atoms with van der Waals surface area (Å²) in [6.07, 6.45) is 1.05. The molecule has 1 heterocycles. The number of nitrogens with zero attached hydrogens (tertiary/aromatic N) is 2. The van der Waals surface area contributed by atoms with Crippen LogP contribution in [0.3, 0.4) is 0 Å². The minimum atomic E-state index is 0.689. The molecule has 0 radical (unpaired) electrons. The molecule has 1 aromatic heterocycles. The molecule has 0 amide bonds. The number of benzene rings is 1. The van der Waals surface area contributed by atoms with Crippen LogP contribution in [0.25, 0.3) is 11.0 Å². The summed E-state index contributed by atoms with van der Waals surface area (Å²) in [5, 5.41) is 1.05. The van der Waals surface area contributed by atoms with E-state index in [4.69, 9.17) is 5.73 Å². The number of aromatic nitrogens is 2. The fourth-order valence-electron chi connectivity index (χ4n) is 1.72. The van der Waals surface area contributed by atoms with Crippen molar-refractivity contribution in [2.45, 2.75) is 18.5 Å². The Morgan fingerprint density at radius 1 is 1.44 bits per heavy atom. The molecule has 0 bridgehead atoms. The maximum Gasteiger partial charge on any atom is 0.168 e. The third-order valence-corrected chi connectivity index (χ3v) is 3.72. The number of thioether (sulfide) groups is 1. The van der Waals surface area contributed by atoms with Crippen molar-refractivity contribution < 1.29 is 0 Å². The second-order valence-electron chi connectivity index (χ2n) is 3.77. The molecule has 2 N–H and O–H groups in total. The van der Waals surface area contributed by atoms with Crippen molar-refractivity contribution in [1.29, 1.82) is 0 Å². The lowest BCUT2D eigenvalue weighted by molar-refractivity contribution is 0.814. The molecular formula is C12H17N3S. The molecule has 2 aromatic rings. The molecule has 0 saturated carbocycles. The molecule has 16 heavy (non-hydrogen) atoms. The van der Waals surface area contributed by atoms with E-state index in [9.17, 15) is 0 Å². The topological polar surface area (TPSA) is 43.8 Å². The summed E-state index contributed by atoms with van der Waals surface area (Å²) in [7, 11) is 2.06. The molecule has 4 heteroatoms. The molecular weight excluding hydrogens is 218 g/mol. The Morgan fingerprint density at radius 3 is 2.94 bits per heavy atom. The van der Waals surface area contributed by atoms with E-state index in [0.29, 0.717) is 6.54 Å². The Labute approximate surface area is 100 Å². The van der Waals surface area contributed by atoms with Crippen molar-refractivity contribution in [3.8, 4) is 0 Å². The van der Waals surface area contributed by atoms with Crippen molar-refractivity contribution in [3.63, 3.8) is 0 Å². The van der Waals surface area contributed by atoms with Crippen LogP contribution in [0.5, 0.6) is 0 Å². The lowest BCUT2D eigenvalue weighted by atomic mass is 10.1. The Hall–Kier alpha value is -1.00. The van der Waals surface area contributed by atoms with Crippen molar-refractivity contribution in [2.75, 3.05) is 12.3 Å². The van der Waals surface area contributed by atoms with Crippen molar-refractivity contribution in [3.05, 3.63) is 23.8 Å². The summed E-state index contributed by atoms with van der Waals surface area (Å²) in [5.74, 6) is 0.914. The van der Waals surface area contributed by atoms with Gasteiger partial charge in [-0.05, 0) is 24.1 Å². The van der Waals surface area contributed by atoms with Gasteiger partial charge in [0.1, 0.15) is 0 Å². The Balaban J connectivity index is 2.41. The van der Waals surface area contributed by atoms with Gasteiger partial charge in [0, 0.05) is 19.3 Å².